The first-order valence-electron chi connectivity index (χ1n) is 27.0. The van der Waals surface area contributed by atoms with Gasteiger partial charge in [-0.1, -0.05) is 133 Å². The molecule has 0 saturated carbocycles. The molecule has 0 aliphatic heterocycles. The van der Waals surface area contributed by atoms with Crippen LogP contribution in [0.15, 0.2) is 164 Å². The molecular weight excluding hydrogens is 883 g/mol. The van der Waals surface area contributed by atoms with E-state index in [0.29, 0.717) is 0 Å². The second-order valence-corrected chi connectivity index (χ2v) is 22.7. The summed E-state index contributed by atoms with van der Waals surface area (Å²) in [4.78, 5) is 5.00. The van der Waals surface area contributed by atoms with Gasteiger partial charge < -0.3 is 14.2 Å². The maximum atomic E-state index is 2.75. The Morgan fingerprint density at radius 1 is 0.397 bits per heavy atom. The van der Waals surface area contributed by atoms with Gasteiger partial charge in [-0.15, -0.1) is 0 Å². The van der Waals surface area contributed by atoms with Gasteiger partial charge in [-0.2, -0.15) is 0 Å². The second-order valence-electron chi connectivity index (χ2n) is 22.7. The molecule has 0 saturated heterocycles. The molecule has 0 fully saturated rings. The molecule has 3 nitrogen and oxygen atoms in total. The van der Waals surface area contributed by atoms with Crippen LogP contribution in [0.3, 0.4) is 0 Å². The molecule has 10 aromatic rings. The molecule has 2 heterocycles. The predicted molar refractivity (Wildman–Crippen MR) is 312 cm³/mol. The lowest BCUT2D eigenvalue weighted by atomic mass is 9.83. The third-order valence-electron chi connectivity index (χ3n) is 16.4. The van der Waals surface area contributed by atoms with Crippen molar-refractivity contribution >= 4 is 50.4 Å². The minimum atomic E-state index is -0.317. The van der Waals surface area contributed by atoms with Crippen molar-refractivity contribution < 1.29 is 0 Å². The van der Waals surface area contributed by atoms with E-state index in [2.05, 4.69) is 247 Å². The summed E-state index contributed by atoms with van der Waals surface area (Å²) >= 11 is 0. The molecule has 8 aromatic carbocycles. The van der Waals surface area contributed by atoms with Crippen LogP contribution in [0.1, 0.15) is 123 Å². The first kappa shape index (κ1) is 46.7. The Bertz CT molecular complexity index is 3510. The fraction of sp³-hybridized carbons (Fsp3) is 0.257. The smallest absolute Gasteiger partial charge is 0.0615 e. The zero-order valence-corrected chi connectivity index (χ0v) is 44.7. The molecule has 0 atom stereocenters. The average molecular weight is 952 g/mol. The molecule has 0 radical (unpaired) electrons. The highest BCUT2D eigenvalue weighted by Gasteiger charge is 2.47. The minimum absolute atomic E-state index is 0.317. The molecule has 3 heteroatoms. The first-order valence-corrected chi connectivity index (χ1v) is 27.0. The van der Waals surface area contributed by atoms with Gasteiger partial charge in [-0.3, -0.25) is 0 Å². The highest BCUT2D eigenvalue weighted by Crippen LogP contribution is 2.61. The molecule has 364 valence electrons. The number of fused-ring (bicyclic) bond motifs is 10. The molecule has 0 N–H and O–H groups in total. The van der Waals surface area contributed by atoms with Gasteiger partial charge in [0.05, 0.1) is 5.52 Å². The lowest BCUT2D eigenvalue weighted by Crippen LogP contribution is -2.23. The van der Waals surface area contributed by atoms with E-state index in [1.54, 1.807) is 0 Å². The monoisotopic (exact) mass is 952 g/mol. The number of hydrogen-bond acceptors (Lipinski definition) is 2. The maximum absolute atomic E-state index is 2.75. The topological polar surface area (TPSA) is 10.9 Å². The van der Waals surface area contributed by atoms with Gasteiger partial charge in [-0.25, -0.2) is 0 Å². The molecule has 0 spiro atoms. The van der Waals surface area contributed by atoms with Crippen molar-refractivity contribution in [1.82, 2.24) is 4.40 Å². The van der Waals surface area contributed by atoms with Crippen LogP contribution in [0, 0.1) is 27.7 Å². The molecule has 2 aromatic heterocycles. The fourth-order valence-electron chi connectivity index (χ4n) is 13.2. The molecule has 0 bridgehead atoms. The Morgan fingerprint density at radius 3 is 1.25 bits per heavy atom. The van der Waals surface area contributed by atoms with Crippen LogP contribution in [0.4, 0.5) is 34.1 Å². The zero-order chi connectivity index (χ0) is 50.5. The standard InChI is InChI=1S/C70H69N3/c1-11-13-20-48-22-18-26-52(38-48)71(56-34-44(3)32-45(4)35-56)54-28-30-58-62(42-54)69(7,8)67-64(58)60-40-51(50-24-16-15-17-25-50)41-61-65-59-31-29-55(43-63(59)70(9,10)68(65)73(67)66(60)61)72(57-36-46(5)33-47(6)37-57)53-27-19-23-49(39-53)21-14-12-2/h15-19,22-43H,11-14,20-21H2,1-10H3. The van der Waals surface area contributed by atoms with E-state index in [9.17, 15) is 0 Å². The number of benzene rings is 8. The van der Waals surface area contributed by atoms with Crippen molar-refractivity contribution in [2.24, 2.45) is 0 Å². The lowest BCUT2D eigenvalue weighted by molar-refractivity contribution is 0.588. The third kappa shape index (κ3) is 7.60. The second kappa shape index (κ2) is 17.7. The molecule has 0 unspecified atom stereocenters. The zero-order valence-electron chi connectivity index (χ0n) is 44.7. The van der Waals surface area contributed by atoms with Crippen LogP contribution in [-0.4, -0.2) is 4.40 Å². The van der Waals surface area contributed by atoms with Crippen LogP contribution in [-0.2, 0) is 23.7 Å². The highest BCUT2D eigenvalue weighted by molar-refractivity contribution is 6.18. The average Bonchev–Trinajstić information content (AvgIpc) is 4.04. The Balaban J connectivity index is 1.07. The van der Waals surface area contributed by atoms with E-state index >= 15 is 0 Å². The normalized spacial score (nSPS) is 13.9. The fourth-order valence-corrected chi connectivity index (χ4v) is 13.2. The van der Waals surface area contributed by atoms with E-state index in [0.717, 1.165) is 12.8 Å². The van der Waals surface area contributed by atoms with Crippen LogP contribution < -0.4 is 9.80 Å². The lowest BCUT2D eigenvalue weighted by Gasteiger charge is -2.30. The highest BCUT2D eigenvalue weighted by atomic mass is 15.1. The largest absolute Gasteiger partial charge is 0.314 e. The summed E-state index contributed by atoms with van der Waals surface area (Å²) in [6.07, 6.45) is 6.89. The van der Waals surface area contributed by atoms with Gasteiger partial charge in [0, 0.05) is 78.2 Å². The van der Waals surface area contributed by atoms with Crippen molar-refractivity contribution in [2.75, 3.05) is 9.80 Å². The molecule has 73 heavy (non-hydrogen) atoms. The summed E-state index contributed by atoms with van der Waals surface area (Å²) in [6.45, 7) is 23.4. The van der Waals surface area contributed by atoms with E-state index in [1.807, 2.05) is 0 Å². The predicted octanol–water partition coefficient (Wildman–Crippen LogP) is 19.7. The molecule has 12 rings (SSSR count). The van der Waals surface area contributed by atoms with E-state index in [-0.39, 0.29) is 10.8 Å². The minimum Gasteiger partial charge on any atom is -0.314 e. The maximum Gasteiger partial charge on any atom is 0.0615 e. The number of aromatic nitrogens is 1. The summed E-state index contributed by atoms with van der Waals surface area (Å²) in [5.41, 5.74) is 29.2. The van der Waals surface area contributed by atoms with Crippen LogP contribution in [0.25, 0.3) is 49.7 Å². The summed E-state index contributed by atoms with van der Waals surface area (Å²) in [6, 6.07) is 63.2. The van der Waals surface area contributed by atoms with E-state index < -0.39 is 0 Å². The summed E-state index contributed by atoms with van der Waals surface area (Å²) in [5, 5.41) is 2.68. The first-order chi connectivity index (χ1) is 35.2. The molecular formula is C70H69N3. The quantitative estimate of drug-likeness (QED) is 0.114. The Morgan fingerprint density at radius 2 is 0.822 bits per heavy atom. The van der Waals surface area contributed by atoms with Crippen molar-refractivity contribution in [3.63, 3.8) is 0 Å². The molecule has 2 aliphatic carbocycles. The molecule has 2 aliphatic rings. The van der Waals surface area contributed by atoms with Gasteiger partial charge in [0.25, 0.3) is 0 Å². The van der Waals surface area contributed by atoms with Crippen LogP contribution in [0.2, 0.25) is 0 Å². The van der Waals surface area contributed by atoms with Crippen molar-refractivity contribution in [3.8, 4) is 33.4 Å². The summed E-state index contributed by atoms with van der Waals surface area (Å²) in [7, 11) is 0. The van der Waals surface area contributed by atoms with E-state index in [4.69, 9.17) is 0 Å². The van der Waals surface area contributed by atoms with Crippen LogP contribution in [0.5, 0.6) is 0 Å². The third-order valence-corrected chi connectivity index (χ3v) is 16.4. The van der Waals surface area contributed by atoms with Gasteiger partial charge in [0.2, 0.25) is 0 Å². The van der Waals surface area contributed by atoms with Gasteiger partial charge in [0.1, 0.15) is 0 Å². The van der Waals surface area contributed by atoms with Crippen molar-refractivity contribution in [1.29, 1.82) is 0 Å². The van der Waals surface area contributed by atoms with Gasteiger partial charge in [-0.05, 0) is 205 Å². The Kier molecular flexibility index (Phi) is 11.3. The summed E-state index contributed by atoms with van der Waals surface area (Å²) in [5.74, 6) is 0. The number of anilines is 6. The van der Waals surface area contributed by atoms with Gasteiger partial charge >= 0.3 is 0 Å². The van der Waals surface area contributed by atoms with Gasteiger partial charge in [0.15, 0.2) is 0 Å². The van der Waals surface area contributed by atoms with E-state index in [1.165, 1.54) is 165 Å². The number of rotatable bonds is 13. The van der Waals surface area contributed by atoms with Crippen LogP contribution >= 0.6 is 0 Å². The number of aryl methyl sites for hydroxylation is 6. The van der Waals surface area contributed by atoms with Crippen molar-refractivity contribution in [3.05, 3.63) is 220 Å². The number of unbranched alkanes of at least 4 members (excludes halogenated alkanes) is 2. The molecule has 0 amide bonds. The number of hydrogen-bond donors (Lipinski definition) is 0. The Hall–Kier alpha value is -7.36. The number of nitrogens with zero attached hydrogens (tertiary/aromatic N) is 3. The Labute approximate surface area is 434 Å². The van der Waals surface area contributed by atoms with Crippen molar-refractivity contribution in [2.45, 2.75) is 119 Å². The SMILES string of the molecule is CCCCc1cccc(N(c2cc(C)cc(C)c2)c2ccc3c(c2)C(C)(C)c2c-3c3cc(-c4ccccc4)cc4c5c(n2c34)C(C)(C)c2cc(N(c3cc(C)cc(C)c3)c3cccc(CCCC)c3)ccc2-5)c1. The summed E-state index contributed by atoms with van der Waals surface area (Å²) < 4.78 is 2.75.